The van der Waals surface area contributed by atoms with E-state index in [1.807, 2.05) is 17.8 Å². The Bertz CT molecular complexity index is 932. The number of rotatable bonds is 5. The highest BCUT2D eigenvalue weighted by molar-refractivity contribution is 7.17. The van der Waals surface area contributed by atoms with Crippen molar-refractivity contribution in [2.45, 2.75) is 31.6 Å². The molecular weight excluding hydrogens is 430 g/mol. The molecule has 2 atom stereocenters. The predicted molar refractivity (Wildman–Crippen MR) is 112 cm³/mol. The summed E-state index contributed by atoms with van der Waals surface area (Å²) in [6.45, 7) is 3.20. The molecule has 1 saturated heterocycles. The van der Waals surface area contributed by atoms with Gasteiger partial charge in [-0.1, -0.05) is 22.9 Å². The normalized spacial score (nSPS) is 21.5. The molecule has 2 aromatic heterocycles. The maximum Gasteiger partial charge on any atom is 0.413 e. The average molecular weight is 454 g/mol. The van der Waals surface area contributed by atoms with Crippen LogP contribution in [-0.2, 0) is 17.8 Å². The van der Waals surface area contributed by atoms with Gasteiger partial charge >= 0.3 is 6.09 Å². The number of hydrogen-bond donors (Lipinski definition) is 1. The summed E-state index contributed by atoms with van der Waals surface area (Å²) in [5.41, 5.74) is 1.46. The summed E-state index contributed by atoms with van der Waals surface area (Å²) in [7, 11) is 3.65. The van der Waals surface area contributed by atoms with Gasteiger partial charge in [-0.05, 0) is 31.7 Å². The molecule has 4 rings (SSSR count). The molecule has 1 N–H and O–H groups in total. The van der Waals surface area contributed by atoms with Crippen molar-refractivity contribution >= 4 is 34.9 Å². The van der Waals surface area contributed by atoms with Crippen molar-refractivity contribution in [1.29, 1.82) is 0 Å². The van der Waals surface area contributed by atoms with Crippen LogP contribution in [0, 0.1) is 0 Å². The van der Waals surface area contributed by atoms with Gasteiger partial charge in [-0.15, -0.1) is 0 Å². The molecule has 0 unspecified atom stereocenters. The SMILES string of the molecule is COC[C@@H]1C[C@@H](NC(=O)Oc2ccc(Cl)s2)CN1C(=O)c1cc2n(n1)CCN(C)C2. The van der Waals surface area contributed by atoms with E-state index < -0.39 is 6.09 Å². The van der Waals surface area contributed by atoms with Crippen molar-refractivity contribution in [1.82, 2.24) is 24.9 Å². The van der Waals surface area contributed by atoms with Gasteiger partial charge in [-0.25, -0.2) is 4.79 Å². The average Bonchev–Trinajstić information content (AvgIpc) is 3.40. The number of halogens is 1. The summed E-state index contributed by atoms with van der Waals surface area (Å²) in [4.78, 5) is 29.3. The topological polar surface area (TPSA) is 88.9 Å². The molecule has 11 heteroatoms. The molecule has 0 saturated carbocycles. The van der Waals surface area contributed by atoms with E-state index in [2.05, 4.69) is 15.3 Å². The molecule has 0 aliphatic carbocycles. The van der Waals surface area contributed by atoms with Crippen LogP contribution in [0.4, 0.5) is 4.79 Å². The Hall–Kier alpha value is -2.14. The van der Waals surface area contributed by atoms with Gasteiger partial charge in [0.25, 0.3) is 5.91 Å². The van der Waals surface area contributed by atoms with Gasteiger partial charge in [0.2, 0.25) is 0 Å². The van der Waals surface area contributed by atoms with Crippen LogP contribution in [0.25, 0.3) is 0 Å². The van der Waals surface area contributed by atoms with Crippen LogP contribution in [0.15, 0.2) is 18.2 Å². The lowest BCUT2D eigenvalue weighted by Gasteiger charge is -2.23. The highest BCUT2D eigenvalue weighted by atomic mass is 35.5. The van der Waals surface area contributed by atoms with Gasteiger partial charge < -0.3 is 19.7 Å². The molecule has 162 valence electrons. The Kier molecular flexibility index (Phi) is 6.28. The number of carbonyl (C=O) groups excluding carboxylic acids is 2. The molecule has 1 fully saturated rings. The summed E-state index contributed by atoms with van der Waals surface area (Å²) >= 11 is 7.05. The van der Waals surface area contributed by atoms with Crippen LogP contribution in [0.1, 0.15) is 22.6 Å². The van der Waals surface area contributed by atoms with Crippen LogP contribution in [-0.4, -0.2) is 77.5 Å². The molecule has 0 bridgehead atoms. The monoisotopic (exact) mass is 453 g/mol. The number of methoxy groups -OCH3 is 1. The fourth-order valence-corrected chi connectivity index (χ4v) is 4.78. The largest absolute Gasteiger partial charge is 0.413 e. The van der Waals surface area contributed by atoms with Crippen molar-refractivity contribution in [3.63, 3.8) is 0 Å². The van der Waals surface area contributed by atoms with E-state index >= 15 is 0 Å². The lowest BCUT2D eigenvalue weighted by atomic mass is 10.2. The predicted octanol–water partition coefficient (Wildman–Crippen LogP) is 2.06. The molecule has 9 nitrogen and oxygen atoms in total. The third-order valence-electron chi connectivity index (χ3n) is 5.31. The number of amides is 2. The second-order valence-corrected chi connectivity index (χ2v) is 9.25. The fourth-order valence-electron chi connectivity index (χ4n) is 3.91. The molecule has 2 aliphatic rings. The van der Waals surface area contributed by atoms with Crippen molar-refractivity contribution in [2.24, 2.45) is 0 Å². The second kappa shape index (κ2) is 8.93. The lowest BCUT2D eigenvalue weighted by molar-refractivity contribution is 0.0622. The summed E-state index contributed by atoms with van der Waals surface area (Å²) in [6, 6.07) is 4.78. The number of nitrogens with one attached hydrogen (secondary N) is 1. The Morgan fingerprint density at radius 1 is 1.37 bits per heavy atom. The number of hydrogen-bond acceptors (Lipinski definition) is 7. The number of likely N-dealkylation sites (tertiary alicyclic amines) is 1. The molecule has 2 aromatic rings. The zero-order valence-corrected chi connectivity index (χ0v) is 18.4. The van der Waals surface area contributed by atoms with Crippen molar-refractivity contribution in [2.75, 3.05) is 33.9 Å². The fraction of sp³-hybridized carbons (Fsp3) is 0.526. The van der Waals surface area contributed by atoms with Gasteiger partial charge in [0.05, 0.1) is 35.3 Å². The van der Waals surface area contributed by atoms with E-state index in [4.69, 9.17) is 21.1 Å². The van der Waals surface area contributed by atoms with Gasteiger partial charge in [0.15, 0.2) is 10.8 Å². The molecule has 0 radical (unpaired) electrons. The summed E-state index contributed by atoms with van der Waals surface area (Å²) in [5.74, 6) is -0.149. The van der Waals surface area contributed by atoms with Crippen molar-refractivity contribution < 1.29 is 19.1 Å². The highest BCUT2D eigenvalue weighted by Crippen LogP contribution is 2.28. The van der Waals surface area contributed by atoms with Crippen molar-refractivity contribution in [3.05, 3.63) is 33.9 Å². The molecule has 0 spiro atoms. The smallest absolute Gasteiger partial charge is 0.399 e. The van der Waals surface area contributed by atoms with Gasteiger partial charge in [-0.3, -0.25) is 14.4 Å². The van der Waals surface area contributed by atoms with E-state index in [9.17, 15) is 9.59 Å². The minimum atomic E-state index is -0.565. The number of aromatic nitrogens is 2. The van der Waals surface area contributed by atoms with E-state index in [1.54, 1.807) is 24.1 Å². The second-order valence-electron chi connectivity index (χ2n) is 7.57. The zero-order chi connectivity index (χ0) is 21.3. The molecule has 0 aromatic carbocycles. The standard InChI is InChI=1S/C19H24ClN5O4S/c1-23-5-6-25-13(10-23)8-15(22-25)18(26)24-9-12(7-14(24)11-28-2)21-19(27)29-17-4-3-16(20)30-17/h3-4,8,12,14H,5-7,9-11H2,1-2H3,(H,21,27)/t12-,14+/m1/s1. The number of ether oxygens (including phenoxy) is 2. The summed E-state index contributed by atoms with van der Waals surface area (Å²) in [6.07, 6.45) is 0.0142. The van der Waals surface area contributed by atoms with Crippen LogP contribution < -0.4 is 10.1 Å². The maximum absolute atomic E-state index is 13.2. The molecule has 30 heavy (non-hydrogen) atoms. The first kappa shape index (κ1) is 21.1. The summed E-state index contributed by atoms with van der Waals surface area (Å²) < 4.78 is 13.0. The van der Waals surface area contributed by atoms with E-state index in [1.165, 1.54) is 11.3 Å². The Morgan fingerprint density at radius 2 is 2.20 bits per heavy atom. The third-order valence-corrected chi connectivity index (χ3v) is 6.42. The molecule has 2 amide bonds. The zero-order valence-electron chi connectivity index (χ0n) is 16.8. The Morgan fingerprint density at radius 3 is 2.93 bits per heavy atom. The maximum atomic E-state index is 13.2. The molecule has 4 heterocycles. The van der Waals surface area contributed by atoms with E-state index in [-0.39, 0.29) is 18.0 Å². The van der Waals surface area contributed by atoms with Gasteiger partial charge in [0.1, 0.15) is 0 Å². The van der Waals surface area contributed by atoms with E-state index in [0.29, 0.717) is 34.7 Å². The first-order chi connectivity index (χ1) is 14.4. The molecule has 2 aliphatic heterocycles. The number of thiophene rings is 1. The Balaban J connectivity index is 1.42. The van der Waals surface area contributed by atoms with E-state index in [0.717, 1.165) is 25.3 Å². The first-order valence-corrected chi connectivity index (χ1v) is 10.9. The number of likely N-dealkylation sites (N-methyl/N-ethyl adjacent to an activating group) is 1. The van der Waals surface area contributed by atoms with Crippen molar-refractivity contribution in [3.8, 4) is 5.06 Å². The number of nitrogens with zero attached hydrogens (tertiary/aromatic N) is 4. The highest BCUT2D eigenvalue weighted by Gasteiger charge is 2.38. The lowest BCUT2D eigenvalue weighted by Crippen LogP contribution is -2.41. The minimum absolute atomic E-state index is 0.148. The molecular formula is C19H24ClN5O4S. The van der Waals surface area contributed by atoms with Gasteiger partial charge in [-0.2, -0.15) is 5.10 Å². The van der Waals surface area contributed by atoms with Crippen LogP contribution in [0.5, 0.6) is 5.06 Å². The van der Waals surface area contributed by atoms with Gasteiger partial charge in [0, 0.05) is 26.7 Å². The van der Waals surface area contributed by atoms with Crippen LogP contribution in [0.2, 0.25) is 4.34 Å². The third kappa shape index (κ3) is 4.61. The minimum Gasteiger partial charge on any atom is -0.399 e. The quantitative estimate of drug-likeness (QED) is 0.745. The Labute approximate surface area is 183 Å². The summed E-state index contributed by atoms with van der Waals surface area (Å²) in [5, 5.41) is 7.76. The van der Waals surface area contributed by atoms with Crippen LogP contribution in [0.3, 0.4) is 0 Å². The first-order valence-electron chi connectivity index (χ1n) is 9.72. The number of carbonyl (C=O) groups is 2. The van der Waals surface area contributed by atoms with Crippen LogP contribution >= 0.6 is 22.9 Å². The number of fused-ring (bicyclic) bond motifs is 1.